The summed E-state index contributed by atoms with van der Waals surface area (Å²) < 4.78 is 1.91. The average molecular weight is 249 g/mol. The number of piperidine rings is 1. The van der Waals surface area contributed by atoms with Crippen LogP contribution in [0.5, 0.6) is 0 Å². The maximum absolute atomic E-state index is 12.6. The highest BCUT2D eigenvalue weighted by Gasteiger charge is 2.26. The van der Waals surface area contributed by atoms with E-state index in [2.05, 4.69) is 17.1 Å². The van der Waals surface area contributed by atoms with Gasteiger partial charge >= 0.3 is 0 Å². The molecule has 0 atom stereocenters. The second kappa shape index (κ2) is 6.05. The zero-order valence-corrected chi connectivity index (χ0v) is 11.4. The van der Waals surface area contributed by atoms with Gasteiger partial charge in [0.2, 0.25) is 0 Å². The molecule has 4 heteroatoms. The molecule has 1 N–H and O–H groups in total. The van der Waals surface area contributed by atoms with Gasteiger partial charge in [0.15, 0.2) is 0 Å². The topological polar surface area (TPSA) is 37.3 Å². The first-order valence-corrected chi connectivity index (χ1v) is 6.87. The molecule has 0 spiro atoms. The fourth-order valence-electron chi connectivity index (χ4n) is 2.64. The number of amides is 1. The number of hydrogen-bond acceptors (Lipinski definition) is 2. The Morgan fingerprint density at radius 2 is 2.22 bits per heavy atom. The fraction of sp³-hybridized carbons (Fsp3) is 0.643. The zero-order chi connectivity index (χ0) is 13.0. The van der Waals surface area contributed by atoms with Crippen molar-refractivity contribution < 1.29 is 4.79 Å². The van der Waals surface area contributed by atoms with Gasteiger partial charge in [-0.1, -0.05) is 6.92 Å². The average Bonchev–Trinajstić information content (AvgIpc) is 2.82. The largest absolute Gasteiger partial charge is 0.347 e. The van der Waals surface area contributed by atoms with Crippen LogP contribution < -0.4 is 5.32 Å². The molecule has 1 aromatic rings. The SMILES string of the molecule is CCCN(C(=O)c1cccn1C)C1CCNCC1. The van der Waals surface area contributed by atoms with Crippen molar-refractivity contribution in [3.63, 3.8) is 0 Å². The summed E-state index contributed by atoms with van der Waals surface area (Å²) >= 11 is 0. The van der Waals surface area contributed by atoms with E-state index in [9.17, 15) is 4.79 Å². The fourth-order valence-corrected chi connectivity index (χ4v) is 2.64. The molecule has 1 fully saturated rings. The van der Waals surface area contributed by atoms with E-state index in [1.165, 1.54) is 0 Å². The summed E-state index contributed by atoms with van der Waals surface area (Å²) in [7, 11) is 1.93. The number of aromatic nitrogens is 1. The summed E-state index contributed by atoms with van der Waals surface area (Å²) in [5, 5.41) is 3.35. The van der Waals surface area contributed by atoms with Crippen molar-refractivity contribution in [1.29, 1.82) is 0 Å². The second-order valence-corrected chi connectivity index (χ2v) is 4.98. The van der Waals surface area contributed by atoms with Crippen molar-refractivity contribution in [3.05, 3.63) is 24.0 Å². The molecule has 100 valence electrons. The summed E-state index contributed by atoms with van der Waals surface area (Å²) in [5.74, 6) is 0.177. The molecule has 1 amide bonds. The molecular weight excluding hydrogens is 226 g/mol. The summed E-state index contributed by atoms with van der Waals surface area (Å²) in [6.07, 6.45) is 5.08. The molecule has 1 aromatic heterocycles. The van der Waals surface area contributed by atoms with Gasteiger partial charge in [0, 0.05) is 25.8 Å². The standard InChI is InChI=1S/C14H23N3O/c1-3-10-17(12-6-8-15-9-7-12)14(18)13-5-4-11-16(13)2/h4-5,11-12,15H,3,6-10H2,1-2H3. The molecule has 1 saturated heterocycles. The van der Waals surface area contributed by atoms with Gasteiger partial charge in [0.25, 0.3) is 5.91 Å². The van der Waals surface area contributed by atoms with E-state index < -0.39 is 0 Å². The molecule has 0 unspecified atom stereocenters. The smallest absolute Gasteiger partial charge is 0.270 e. The minimum atomic E-state index is 0.177. The highest BCUT2D eigenvalue weighted by Crippen LogP contribution is 2.16. The zero-order valence-electron chi connectivity index (χ0n) is 11.4. The van der Waals surface area contributed by atoms with Crippen LogP contribution in [0.1, 0.15) is 36.7 Å². The Bertz CT molecular complexity index is 393. The molecule has 2 heterocycles. The third kappa shape index (κ3) is 2.75. The third-order valence-electron chi connectivity index (χ3n) is 3.64. The van der Waals surface area contributed by atoms with Crippen molar-refractivity contribution >= 4 is 5.91 Å². The van der Waals surface area contributed by atoms with Crippen LogP contribution >= 0.6 is 0 Å². The van der Waals surface area contributed by atoms with Gasteiger partial charge in [0.05, 0.1) is 0 Å². The minimum absolute atomic E-state index is 0.177. The van der Waals surface area contributed by atoms with Gasteiger partial charge < -0.3 is 14.8 Å². The van der Waals surface area contributed by atoms with E-state index in [4.69, 9.17) is 0 Å². The van der Waals surface area contributed by atoms with Crippen LogP contribution in [0.4, 0.5) is 0 Å². The molecular formula is C14H23N3O. The number of nitrogens with zero attached hydrogens (tertiary/aromatic N) is 2. The highest BCUT2D eigenvalue weighted by molar-refractivity contribution is 5.93. The normalized spacial score (nSPS) is 16.8. The van der Waals surface area contributed by atoms with E-state index in [0.29, 0.717) is 6.04 Å². The van der Waals surface area contributed by atoms with Gasteiger partial charge in [-0.3, -0.25) is 4.79 Å². The van der Waals surface area contributed by atoms with Crippen LogP contribution in [0.3, 0.4) is 0 Å². The number of carbonyl (C=O) groups is 1. The molecule has 0 radical (unpaired) electrons. The van der Waals surface area contributed by atoms with Crippen LogP contribution in [0, 0.1) is 0 Å². The van der Waals surface area contributed by atoms with Crippen molar-refractivity contribution in [2.75, 3.05) is 19.6 Å². The van der Waals surface area contributed by atoms with Gasteiger partial charge in [-0.25, -0.2) is 0 Å². The Morgan fingerprint density at radius 3 is 2.78 bits per heavy atom. The molecule has 0 aliphatic carbocycles. The van der Waals surface area contributed by atoms with E-state index in [0.717, 1.165) is 44.6 Å². The Hall–Kier alpha value is -1.29. The van der Waals surface area contributed by atoms with E-state index in [-0.39, 0.29) is 5.91 Å². The molecule has 0 aromatic carbocycles. The highest BCUT2D eigenvalue weighted by atomic mass is 16.2. The van der Waals surface area contributed by atoms with E-state index >= 15 is 0 Å². The molecule has 0 bridgehead atoms. The molecule has 1 aliphatic rings. The summed E-state index contributed by atoms with van der Waals surface area (Å²) in [6.45, 7) is 5.03. The number of nitrogens with one attached hydrogen (secondary N) is 1. The van der Waals surface area contributed by atoms with Gasteiger partial charge in [-0.05, 0) is 44.5 Å². The lowest BCUT2D eigenvalue weighted by Gasteiger charge is -2.34. The van der Waals surface area contributed by atoms with Crippen molar-refractivity contribution in [3.8, 4) is 0 Å². The molecule has 4 nitrogen and oxygen atoms in total. The van der Waals surface area contributed by atoms with Crippen molar-refractivity contribution in [2.45, 2.75) is 32.2 Å². The lowest BCUT2D eigenvalue weighted by Crippen LogP contribution is -2.46. The lowest BCUT2D eigenvalue weighted by molar-refractivity contribution is 0.0633. The predicted molar refractivity (Wildman–Crippen MR) is 72.6 cm³/mol. The second-order valence-electron chi connectivity index (χ2n) is 4.98. The number of hydrogen-bond donors (Lipinski definition) is 1. The monoisotopic (exact) mass is 249 g/mol. The Kier molecular flexibility index (Phi) is 4.42. The van der Waals surface area contributed by atoms with Gasteiger partial charge in [-0.15, -0.1) is 0 Å². The Balaban J connectivity index is 2.13. The predicted octanol–water partition coefficient (Wildman–Crippen LogP) is 1.63. The number of carbonyl (C=O) groups excluding carboxylic acids is 1. The number of rotatable bonds is 4. The van der Waals surface area contributed by atoms with Crippen LogP contribution in [0.15, 0.2) is 18.3 Å². The third-order valence-corrected chi connectivity index (χ3v) is 3.64. The molecule has 1 aliphatic heterocycles. The van der Waals surface area contributed by atoms with Crippen molar-refractivity contribution in [2.24, 2.45) is 7.05 Å². The maximum Gasteiger partial charge on any atom is 0.270 e. The first-order valence-electron chi connectivity index (χ1n) is 6.87. The van der Waals surface area contributed by atoms with Gasteiger partial charge in [0.1, 0.15) is 5.69 Å². The summed E-state index contributed by atoms with van der Waals surface area (Å²) in [4.78, 5) is 14.7. The van der Waals surface area contributed by atoms with Crippen LogP contribution in [0.2, 0.25) is 0 Å². The van der Waals surface area contributed by atoms with Crippen molar-refractivity contribution in [1.82, 2.24) is 14.8 Å². The molecule has 2 rings (SSSR count). The minimum Gasteiger partial charge on any atom is -0.347 e. The Labute approximate surface area is 109 Å². The quantitative estimate of drug-likeness (QED) is 0.880. The van der Waals surface area contributed by atoms with Crippen LogP contribution in [-0.2, 0) is 7.05 Å². The molecule has 18 heavy (non-hydrogen) atoms. The first-order chi connectivity index (χ1) is 8.74. The Morgan fingerprint density at radius 1 is 1.50 bits per heavy atom. The summed E-state index contributed by atoms with van der Waals surface area (Å²) in [6, 6.07) is 4.24. The lowest BCUT2D eigenvalue weighted by atomic mass is 10.0. The summed E-state index contributed by atoms with van der Waals surface area (Å²) in [5.41, 5.74) is 0.794. The maximum atomic E-state index is 12.6. The van der Waals surface area contributed by atoms with E-state index in [1.807, 2.05) is 29.9 Å². The van der Waals surface area contributed by atoms with Crippen LogP contribution in [-0.4, -0.2) is 41.1 Å². The van der Waals surface area contributed by atoms with Gasteiger partial charge in [-0.2, -0.15) is 0 Å². The van der Waals surface area contributed by atoms with Crippen LogP contribution in [0.25, 0.3) is 0 Å². The molecule has 0 saturated carbocycles. The van der Waals surface area contributed by atoms with E-state index in [1.54, 1.807) is 0 Å². The number of aryl methyl sites for hydroxylation is 1. The first kappa shape index (κ1) is 13.1.